The maximum atomic E-state index is 12.0. The van der Waals surface area contributed by atoms with E-state index in [2.05, 4.69) is 20.9 Å². The Hall–Kier alpha value is -2.17. The van der Waals surface area contributed by atoms with Crippen molar-refractivity contribution in [3.8, 4) is 0 Å². The number of halogens is 1. The average Bonchev–Trinajstić information content (AvgIpc) is 2.70. The summed E-state index contributed by atoms with van der Waals surface area (Å²) in [5, 5.41) is 20.1. The van der Waals surface area contributed by atoms with Crippen molar-refractivity contribution in [3.63, 3.8) is 0 Å². The summed E-state index contributed by atoms with van der Waals surface area (Å²) < 4.78 is 0. The topological polar surface area (TPSA) is 89.0 Å². The highest BCUT2D eigenvalue weighted by Crippen LogP contribution is 2.19. The molecule has 0 aliphatic rings. The van der Waals surface area contributed by atoms with Crippen LogP contribution in [0.5, 0.6) is 0 Å². The maximum absolute atomic E-state index is 12.0. The van der Waals surface area contributed by atoms with Crippen molar-refractivity contribution in [2.45, 2.75) is 26.0 Å². The number of amides is 1. The molecule has 0 radical (unpaired) electrons. The first-order valence-corrected chi connectivity index (χ1v) is 10.1. The Morgan fingerprint density at radius 2 is 1.81 bits per heavy atom. The molecule has 2 aromatic carbocycles. The predicted molar refractivity (Wildman–Crippen MR) is 138 cm³/mol. The van der Waals surface area contributed by atoms with Gasteiger partial charge >= 0.3 is 0 Å². The number of aliphatic hydroxyl groups is 1. The Morgan fingerprint density at radius 1 is 1.10 bits per heavy atom. The third kappa shape index (κ3) is 9.67. The molecule has 31 heavy (non-hydrogen) atoms. The van der Waals surface area contributed by atoms with E-state index in [9.17, 15) is 9.90 Å². The fourth-order valence-electron chi connectivity index (χ4n) is 2.90. The van der Waals surface area contributed by atoms with E-state index in [-0.39, 0.29) is 29.9 Å². The summed E-state index contributed by atoms with van der Waals surface area (Å²) in [5.41, 5.74) is 1.55. The van der Waals surface area contributed by atoms with Crippen LogP contribution in [-0.4, -0.2) is 55.6 Å². The number of carbonyl (C=O) groups excluding carboxylic acids is 1. The Kier molecular flexibility index (Phi) is 11.5. The summed E-state index contributed by atoms with van der Waals surface area (Å²) in [6.07, 6.45) is 0. The van der Waals surface area contributed by atoms with Crippen LogP contribution in [0.25, 0.3) is 0 Å². The molecule has 0 aliphatic heterocycles. The van der Waals surface area contributed by atoms with Crippen molar-refractivity contribution in [1.82, 2.24) is 15.5 Å². The average molecular weight is 539 g/mol. The number of benzene rings is 2. The number of nitrogens with one attached hydrogen (secondary N) is 3. The number of hydrogen-bond acceptors (Lipinski definition) is 4. The van der Waals surface area contributed by atoms with E-state index in [0.29, 0.717) is 32.1 Å². The lowest BCUT2D eigenvalue weighted by Gasteiger charge is -2.25. The van der Waals surface area contributed by atoms with Crippen LogP contribution in [0.3, 0.4) is 0 Å². The largest absolute Gasteiger partial charge is 0.384 e. The molecule has 7 nitrogen and oxygen atoms in total. The minimum Gasteiger partial charge on any atom is -0.384 e. The fourth-order valence-corrected chi connectivity index (χ4v) is 2.90. The monoisotopic (exact) mass is 539 g/mol. The molecular weight excluding hydrogens is 505 g/mol. The first-order chi connectivity index (χ1) is 14.3. The highest BCUT2D eigenvalue weighted by atomic mass is 127. The lowest BCUT2D eigenvalue weighted by molar-refractivity contribution is -0.116. The van der Waals surface area contributed by atoms with E-state index >= 15 is 0 Å². The molecule has 2 rings (SSSR count). The smallest absolute Gasteiger partial charge is 0.238 e. The molecule has 1 amide bonds. The molecule has 0 aliphatic carbocycles. The second-order valence-corrected chi connectivity index (χ2v) is 7.67. The zero-order valence-corrected chi connectivity index (χ0v) is 21.0. The van der Waals surface area contributed by atoms with Gasteiger partial charge in [-0.3, -0.25) is 4.79 Å². The minimum absolute atomic E-state index is 0. The van der Waals surface area contributed by atoms with Gasteiger partial charge < -0.3 is 26.0 Å². The zero-order chi connectivity index (χ0) is 22.0. The second-order valence-electron chi connectivity index (χ2n) is 7.67. The van der Waals surface area contributed by atoms with Crippen LogP contribution in [-0.2, 0) is 16.9 Å². The predicted octanol–water partition coefficient (Wildman–Crippen LogP) is 2.77. The lowest BCUT2D eigenvalue weighted by atomic mass is 9.96. The van der Waals surface area contributed by atoms with Crippen LogP contribution >= 0.6 is 24.0 Å². The van der Waals surface area contributed by atoms with Crippen LogP contribution in [0.2, 0.25) is 0 Å². The fraction of sp³-hybridized carbons (Fsp3) is 0.391. The number of hydrogen-bond donors (Lipinski definition) is 4. The van der Waals surface area contributed by atoms with Crippen molar-refractivity contribution in [2.24, 2.45) is 4.99 Å². The third-order valence-electron chi connectivity index (χ3n) is 4.43. The van der Waals surface area contributed by atoms with Gasteiger partial charge in [0.25, 0.3) is 0 Å². The number of guanidine groups is 1. The highest BCUT2D eigenvalue weighted by molar-refractivity contribution is 14.0. The van der Waals surface area contributed by atoms with Gasteiger partial charge in [0.05, 0.1) is 19.6 Å². The van der Waals surface area contributed by atoms with Crippen LogP contribution in [0.4, 0.5) is 5.69 Å². The van der Waals surface area contributed by atoms with Gasteiger partial charge in [0.2, 0.25) is 5.91 Å². The molecule has 0 saturated heterocycles. The van der Waals surface area contributed by atoms with Crippen molar-refractivity contribution >= 4 is 41.5 Å². The molecule has 4 N–H and O–H groups in total. The van der Waals surface area contributed by atoms with Gasteiger partial charge in [-0.25, -0.2) is 4.99 Å². The SMILES string of the molecule is CCNC(=NCc1cccc(NC(=O)CN(C)C)c1)NCC(C)(O)c1ccccc1.I. The van der Waals surface area contributed by atoms with Crippen LogP contribution < -0.4 is 16.0 Å². The van der Waals surface area contributed by atoms with E-state index in [1.54, 1.807) is 6.92 Å². The first-order valence-electron chi connectivity index (χ1n) is 10.1. The number of aliphatic imine (C=N–C) groups is 1. The molecule has 1 atom stereocenters. The van der Waals surface area contributed by atoms with E-state index in [1.807, 2.05) is 80.5 Å². The molecule has 0 heterocycles. The summed E-state index contributed by atoms with van der Waals surface area (Å²) in [6, 6.07) is 17.2. The van der Waals surface area contributed by atoms with Gasteiger partial charge in [-0.05, 0) is 51.2 Å². The number of nitrogens with zero attached hydrogens (tertiary/aromatic N) is 2. The van der Waals surface area contributed by atoms with E-state index < -0.39 is 5.60 Å². The molecule has 2 aromatic rings. The zero-order valence-electron chi connectivity index (χ0n) is 18.7. The highest BCUT2D eigenvalue weighted by Gasteiger charge is 2.22. The van der Waals surface area contributed by atoms with Crippen molar-refractivity contribution in [3.05, 3.63) is 65.7 Å². The molecular formula is C23H34IN5O2. The molecule has 8 heteroatoms. The van der Waals surface area contributed by atoms with E-state index in [1.165, 1.54) is 0 Å². The van der Waals surface area contributed by atoms with Crippen molar-refractivity contribution in [1.29, 1.82) is 0 Å². The second kappa shape index (κ2) is 13.3. The molecule has 0 fully saturated rings. The van der Waals surface area contributed by atoms with Crippen LogP contribution in [0.15, 0.2) is 59.6 Å². The van der Waals surface area contributed by atoms with Crippen LogP contribution in [0, 0.1) is 0 Å². The first kappa shape index (κ1) is 26.9. The van der Waals surface area contributed by atoms with Gasteiger partial charge in [-0.1, -0.05) is 42.5 Å². The van der Waals surface area contributed by atoms with Crippen LogP contribution in [0.1, 0.15) is 25.0 Å². The summed E-state index contributed by atoms with van der Waals surface area (Å²) in [4.78, 5) is 18.4. The summed E-state index contributed by atoms with van der Waals surface area (Å²) >= 11 is 0. The third-order valence-corrected chi connectivity index (χ3v) is 4.43. The summed E-state index contributed by atoms with van der Waals surface area (Å²) in [5.74, 6) is 0.564. The lowest BCUT2D eigenvalue weighted by Crippen LogP contribution is -2.44. The standard InChI is InChI=1S/C23H33N5O2.HI/c1-5-24-22(26-17-23(2,30)19-11-7-6-8-12-19)25-15-18-10-9-13-20(14-18)27-21(29)16-28(3)4;/h6-14,30H,5,15-17H2,1-4H3,(H,27,29)(H2,24,25,26);1H. The number of rotatable bonds is 9. The van der Waals surface area contributed by atoms with Gasteiger partial charge in [0.15, 0.2) is 5.96 Å². The Balaban J connectivity index is 0.00000480. The van der Waals surface area contributed by atoms with Crippen molar-refractivity contribution in [2.75, 3.05) is 39.0 Å². The van der Waals surface area contributed by atoms with E-state index in [0.717, 1.165) is 16.8 Å². The maximum Gasteiger partial charge on any atom is 0.238 e. The molecule has 0 spiro atoms. The van der Waals surface area contributed by atoms with Gasteiger partial charge in [0.1, 0.15) is 5.60 Å². The Labute approximate surface area is 202 Å². The van der Waals surface area contributed by atoms with Gasteiger partial charge in [-0.2, -0.15) is 0 Å². The normalized spacial score (nSPS) is 13.2. The number of carbonyl (C=O) groups is 1. The summed E-state index contributed by atoms with van der Waals surface area (Å²) in [7, 11) is 3.71. The van der Waals surface area contributed by atoms with Crippen molar-refractivity contribution < 1.29 is 9.90 Å². The number of anilines is 1. The van der Waals surface area contributed by atoms with Gasteiger partial charge in [0, 0.05) is 12.2 Å². The molecule has 170 valence electrons. The molecule has 1 unspecified atom stereocenters. The molecule has 0 aromatic heterocycles. The van der Waals surface area contributed by atoms with E-state index in [4.69, 9.17) is 0 Å². The molecule has 0 saturated carbocycles. The minimum atomic E-state index is -1.02. The van der Waals surface area contributed by atoms with Gasteiger partial charge in [-0.15, -0.1) is 24.0 Å². The Bertz CT molecular complexity index is 841. The summed E-state index contributed by atoms with van der Waals surface area (Å²) in [6.45, 7) is 5.58. The number of likely N-dealkylation sites (N-methyl/N-ethyl adjacent to an activating group) is 1. The quantitative estimate of drug-likeness (QED) is 0.224. The Morgan fingerprint density at radius 3 is 2.45 bits per heavy atom. The molecule has 0 bridgehead atoms.